The first-order valence-electron chi connectivity index (χ1n) is 10.5. The smallest absolute Gasteiger partial charge is 0.348 e. The van der Waals surface area contributed by atoms with E-state index in [0.29, 0.717) is 11.4 Å². The summed E-state index contributed by atoms with van der Waals surface area (Å²) >= 11 is 11.9. The average molecular weight is 548 g/mol. The number of benzene rings is 1. The van der Waals surface area contributed by atoms with Crippen LogP contribution in [0, 0.1) is 0 Å². The molecule has 2 aromatic rings. The number of ether oxygens (including phenoxy) is 3. The lowest BCUT2D eigenvalue weighted by atomic mass is 9.94. The number of methoxy groups -OCH3 is 2. The van der Waals surface area contributed by atoms with Crippen LogP contribution >= 0.6 is 23.2 Å². The molecular formula is C21H24Cl2FN5O7. The third-order valence-corrected chi connectivity index (χ3v) is 6.06. The van der Waals surface area contributed by atoms with E-state index in [1.54, 1.807) is 0 Å². The predicted octanol–water partition coefficient (Wildman–Crippen LogP) is 2.43. The topological polar surface area (TPSA) is 169 Å². The molecule has 2 heterocycles. The Bertz CT molecular complexity index is 1130. The number of aliphatic carboxylic acids is 2. The summed E-state index contributed by atoms with van der Waals surface area (Å²) in [5, 5.41) is 22.5. The van der Waals surface area contributed by atoms with Crippen LogP contribution in [0.4, 0.5) is 21.7 Å². The van der Waals surface area contributed by atoms with Crippen molar-refractivity contribution in [2.45, 2.75) is 30.8 Å². The van der Waals surface area contributed by atoms with E-state index in [9.17, 15) is 19.8 Å². The number of carboxylic acids is 2. The molecule has 2 atom stereocenters. The zero-order valence-electron chi connectivity index (χ0n) is 19.2. The van der Waals surface area contributed by atoms with E-state index in [0.717, 1.165) is 0 Å². The molecule has 1 aliphatic rings. The van der Waals surface area contributed by atoms with Crippen molar-refractivity contribution in [1.82, 2.24) is 9.97 Å². The maximum absolute atomic E-state index is 15.2. The third-order valence-electron chi connectivity index (χ3n) is 5.59. The zero-order chi connectivity index (χ0) is 26.6. The number of alkyl halides is 1. The molecule has 3 rings (SSSR count). The van der Waals surface area contributed by atoms with Gasteiger partial charge in [-0.3, -0.25) is 0 Å². The number of aromatic nitrogens is 2. The second kappa shape index (κ2) is 11.3. The van der Waals surface area contributed by atoms with Crippen molar-refractivity contribution in [1.29, 1.82) is 0 Å². The summed E-state index contributed by atoms with van der Waals surface area (Å²) in [4.78, 5) is 33.2. The Kier molecular flexibility index (Phi) is 8.61. The maximum atomic E-state index is 15.2. The van der Waals surface area contributed by atoms with E-state index in [1.807, 2.05) is 0 Å². The molecule has 196 valence electrons. The second-order valence-electron chi connectivity index (χ2n) is 7.80. The number of carbonyl (C=O) groups is 2. The van der Waals surface area contributed by atoms with Crippen LogP contribution in [-0.2, 0) is 25.5 Å². The highest BCUT2D eigenvalue weighted by Crippen LogP contribution is 2.36. The number of nitrogens with two attached hydrogens (primary N) is 1. The lowest BCUT2D eigenvalue weighted by molar-refractivity contribution is -0.187. The molecule has 0 radical (unpaired) electrons. The molecule has 0 bridgehead atoms. The van der Waals surface area contributed by atoms with Gasteiger partial charge in [0.25, 0.3) is 5.60 Å². The van der Waals surface area contributed by atoms with Crippen LogP contribution in [0.3, 0.4) is 0 Å². The van der Waals surface area contributed by atoms with Crippen LogP contribution in [0.25, 0.3) is 0 Å². The van der Waals surface area contributed by atoms with E-state index in [1.165, 1.54) is 37.3 Å². The number of hydrogen-bond donors (Lipinski definition) is 4. The third kappa shape index (κ3) is 5.64. The fourth-order valence-electron chi connectivity index (χ4n) is 3.62. The van der Waals surface area contributed by atoms with Gasteiger partial charge < -0.3 is 40.4 Å². The van der Waals surface area contributed by atoms with Gasteiger partial charge in [-0.05, 0) is 29.3 Å². The molecular weight excluding hydrogens is 524 g/mol. The van der Waals surface area contributed by atoms with Crippen LogP contribution in [-0.4, -0.2) is 77.6 Å². The van der Waals surface area contributed by atoms with Gasteiger partial charge >= 0.3 is 11.9 Å². The highest BCUT2D eigenvalue weighted by molar-refractivity contribution is 6.32. The van der Waals surface area contributed by atoms with Gasteiger partial charge in [0.15, 0.2) is 17.9 Å². The fourth-order valence-corrected chi connectivity index (χ4v) is 4.07. The quantitative estimate of drug-likeness (QED) is 0.174. The van der Waals surface area contributed by atoms with Crippen molar-refractivity contribution in [2.75, 3.05) is 43.4 Å². The van der Waals surface area contributed by atoms with E-state index < -0.39 is 43.0 Å². The van der Waals surface area contributed by atoms with Gasteiger partial charge in [-0.15, -0.1) is 0 Å². The van der Waals surface area contributed by atoms with Crippen LogP contribution in [0.1, 0.15) is 12.0 Å². The Morgan fingerprint density at radius 1 is 1.28 bits per heavy atom. The van der Waals surface area contributed by atoms with Crippen LogP contribution in [0.2, 0.25) is 10.3 Å². The Hall–Kier alpha value is -3.13. The lowest BCUT2D eigenvalue weighted by Crippen LogP contribution is -2.52. The van der Waals surface area contributed by atoms with Gasteiger partial charge in [-0.2, -0.15) is 9.97 Å². The molecule has 12 nitrogen and oxygen atoms in total. The Labute approximate surface area is 215 Å². The summed E-state index contributed by atoms with van der Waals surface area (Å²) in [5.74, 6) is -2.95. The molecule has 1 aromatic heterocycles. The van der Waals surface area contributed by atoms with E-state index in [2.05, 4.69) is 15.3 Å². The number of nitrogens with zero attached hydrogens (tertiary/aromatic N) is 3. The van der Waals surface area contributed by atoms with E-state index in [4.69, 9.17) is 43.1 Å². The summed E-state index contributed by atoms with van der Waals surface area (Å²) < 4.78 is 31.0. The van der Waals surface area contributed by atoms with Crippen molar-refractivity contribution in [3.63, 3.8) is 0 Å². The highest BCUT2D eigenvalue weighted by atomic mass is 35.5. The Morgan fingerprint density at radius 3 is 2.56 bits per heavy atom. The molecule has 0 fully saturated rings. The number of halogens is 3. The van der Waals surface area contributed by atoms with Crippen molar-refractivity contribution in [3.05, 3.63) is 34.1 Å². The van der Waals surface area contributed by atoms with E-state index >= 15 is 4.39 Å². The highest BCUT2D eigenvalue weighted by Gasteiger charge is 2.49. The van der Waals surface area contributed by atoms with Crippen LogP contribution in [0.15, 0.2) is 18.2 Å². The number of nitrogens with one attached hydrogen (secondary N) is 1. The first kappa shape index (κ1) is 27.5. The molecule has 2 unspecified atom stereocenters. The predicted molar refractivity (Wildman–Crippen MR) is 128 cm³/mol. The van der Waals surface area contributed by atoms with Gasteiger partial charge in [-0.25, -0.2) is 14.0 Å². The molecule has 1 aliphatic heterocycles. The van der Waals surface area contributed by atoms with Gasteiger partial charge in [0.2, 0.25) is 5.28 Å². The number of anilines is 3. The van der Waals surface area contributed by atoms with Crippen molar-refractivity contribution in [3.8, 4) is 5.75 Å². The standard InChI is InChI=1S/C21H24Cl2FN5O7/c1-34-11(6-14(24)29-9-26-15-16(25)27-20(23)28-17(15)29)8-36-21(18(30)31,19(32)33)7-10-3-4-13(35-2)12(22)5-10/h3-5,11,14,26H,6-9H2,1-2H3,(H,30,31)(H,32,33)(H2,25,27,28). The number of rotatable bonds is 12. The number of hydrogen-bond acceptors (Lipinski definition) is 10. The molecule has 0 saturated carbocycles. The second-order valence-corrected chi connectivity index (χ2v) is 8.55. The van der Waals surface area contributed by atoms with Gasteiger partial charge in [0.1, 0.15) is 11.4 Å². The largest absolute Gasteiger partial charge is 0.495 e. The first-order chi connectivity index (χ1) is 17.0. The molecule has 0 amide bonds. The van der Waals surface area contributed by atoms with Crippen LogP contribution < -0.4 is 20.7 Å². The zero-order valence-corrected chi connectivity index (χ0v) is 20.7. The summed E-state index contributed by atoms with van der Waals surface area (Å²) in [6, 6.07) is 4.32. The van der Waals surface area contributed by atoms with E-state index in [-0.39, 0.29) is 40.6 Å². The van der Waals surface area contributed by atoms with Gasteiger partial charge in [0, 0.05) is 20.0 Å². The summed E-state index contributed by atoms with van der Waals surface area (Å²) in [7, 11) is 2.67. The lowest BCUT2D eigenvalue weighted by Gasteiger charge is -2.29. The number of nitrogen functional groups attached to an aromatic ring is 1. The molecule has 0 spiro atoms. The normalized spacial score (nSPS) is 14.6. The molecule has 5 N–H and O–H groups in total. The average Bonchev–Trinajstić information content (AvgIpc) is 3.24. The number of fused-ring (bicyclic) bond motifs is 1. The first-order valence-corrected chi connectivity index (χ1v) is 11.2. The summed E-state index contributed by atoms with van der Waals surface area (Å²) in [6.07, 6.45) is -3.59. The molecule has 1 aromatic carbocycles. The Morgan fingerprint density at radius 2 is 1.97 bits per heavy atom. The molecule has 36 heavy (non-hydrogen) atoms. The van der Waals surface area contributed by atoms with Crippen molar-refractivity contribution in [2.24, 2.45) is 0 Å². The molecule has 15 heteroatoms. The van der Waals surface area contributed by atoms with Crippen LogP contribution in [0.5, 0.6) is 5.75 Å². The summed E-state index contributed by atoms with van der Waals surface area (Å²) in [5.41, 5.74) is 3.70. The SMILES string of the molecule is COc1ccc(CC(OCC(CC(F)N2CNc3c(N)nc(Cl)nc32)OC)(C(=O)O)C(=O)O)cc1Cl. The fraction of sp³-hybridized carbons (Fsp3) is 0.429. The minimum atomic E-state index is -2.68. The monoisotopic (exact) mass is 547 g/mol. The van der Waals surface area contributed by atoms with Crippen molar-refractivity contribution >= 4 is 52.5 Å². The molecule has 0 saturated heterocycles. The van der Waals surface area contributed by atoms with Gasteiger partial charge in [-0.1, -0.05) is 17.7 Å². The summed E-state index contributed by atoms with van der Waals surface area (Å²) in [6.45, 7) is -0.528. The van der Waals surface area contributed by atoms with Gasteiger partial charge in [0.05, 0.1) is 31.5 Å². The maximum Gasteiger partial charge on any atom is 0.348 e. The minimum absolute atomic E-state index is 0.0133. The molecule has 0 aliphatic carbocycles. The Balaban J connectivity index is 1.75. The number of carboxylic acid groups (broad SMARTS) is 2. The van der Waals surface area contributed by atoms with Crippen molar-refractivity contribution < 1.29 is 38.4 Å². The minimum Gasteiger partial charge on any atom is -0.495 e.